The average molecular weight is 199 g/mol. The van der Waals surface area contributed by atoms with E-state index in [1.165, 1.54) is 19.3 Å². The lowest BCUT2D eigenvalue weighted by molar-refractivity contribution is 0.269. The summed E-state index contributed by atoms with van der Waals surface area (Å²) >= 11 is 0. The highest BCUT2D eigenvalue weighted by Crippen LogP contribution is 2.28. The Hall–Kier alpha value is -0.710. The SMILES string of the molecule is CS(=O)c1nncn1CC1CCC1. The second-order valence-corrected chi connectivity index (χ2v) is 4.79. The molecule has 1 fully saturated rings. The summed E-state index contributed by atoms with van der Waals surface area (Å²) in [7, 11) is -1.01. The summed E-state index contributed by atoms with van der Waals surface area (Å²) in [6.07, 6.45) is 7.22. The summed E-state index contributed by atoms with van der Waals surface area (Å²) in [5.74, 6) is 0.748. The Labute approximate surface area is 79.8 Å². The van der Waals surface area contributed by atoms with E-state index in [0.717, 1.165) is 12.5 Å². The molecule has 13 heavy (non-hydrogen) atoms. The molecule has 1 atom stereocenters. The van der Waals surface area contributed by atoms with Crippen LogP contribution >= 0.6 is 0 Å². The monoisotopic (exact) mass is 199 g/mol. The molecule has 4 nitrogen and oxygen atoms in total. The highest BCUT2D eigenvalue weighted by atomic mass is 32.2. The van der Waals surface area contributed by atoms with Crippen molar-refractivity contribution in [3.05, 3.63) is 6.33 Å². The third-order valence-electron chi connectivity index (χ3n) is 2.52. The Kier molecular flexibility index (Phi) is 2.44. The summed E-state index contributed by atoms with van der Waals surface area (Å²) in [4.78, 5) is 0. The van der Waals surface area contributed by atoms with Crippen molar-refractivity contribution in [3.8, 4) is 0 Å². The van der Waals surface area contributed by atoms with Gasteiger partial charge in [0.05, 0.1) is 10.8 Å². The highest BCUT2D eigenvalue weighted by Gasteiger charge is 2.19. The minimum Gasteiger partial charge on any atom is -0.306 e. The maximum atomic E-state index is 11.2. The van der Waals surface area contributed by atoms with Crippen LogP contribution in [0.3, 0.4) is 0 Å². The summed E-state index contributed by atoms with van der Waals surface area (Å²) in [5, 5.41) is 8.22. The van der Waals surface area contributed by atoms with E-state index in [1.54, 1.807) is 12.6 Å². The van der Waals surface area contributed by atoms with Crippen molar-refractivity contribution in [2.45, 2.75) is 31.0 Å². The summed E-state index contributed by atoms with van der Waals surface area (Å²) in [6.45, 7) is 0.932. The van der Waals surface area contributed by atoms with E-state index in [2.05, 4.69) is 10.2 Å². The van der Waals surface area contributed by atoms with Gasteiger partial charge >= 0.3 is 0 Å². The maximum Gasteiger partial charge on any atom is 0.221 e. The first-order chi connectivity index (χ1) is 6.27. The van der Waals surface area contributed by atoms with Crippen LogP contribution in [-0.2, 0) is 17.3 Å². The molecular formula is C8H13N3OS. The van der Waals surface area contributed by atoms with Crippen LogP contribution in [0.1, 0.15) is 19.3 Å². The molecule has 1 aromatic rings. The minimum atomic E-state index is -1.01. The molecule has 1 aliphatic rings. The molecule has 1 aliphatic carbocycles. The van der Waals surface area contributed by atoms with Crippen LogP contribution in [0.25, 0.3) is 0 Å². The van der Waals surface area contributed by atoms with E-state index >= 15 is 0 Å². The van der Waals surface area contributed by atoms with Gasteiger partial charge in [-0.3, -0.25) is 4.21 Å². The molecule has 1 saturated carbocycles. The molecule has 0 radical (unpaired) electrons. The lowest BCUT2D eigenvalue weighted by Crippen LogP contribution is -2.19. The van der Waals surface area contributed by atoms with E-state index < -0.39 is 10.8 Å². The van der Waals surface area contributed by atoms with Crippen LogP contribution in [0.4, 0.5) is 0 Å². The highest BCUT2D eigenvalue weighted by molar-refractivity contribution is 7.84. The predicted molar refractivity (Wildman–Crippen MR) is 49.7 cm³/mol. The van der Waals surface area contributed by atoms with Crippen molar-refractivity contribution in [2.75, 3.05) is 6.26 Å². The lowest BCUT2D eigenvalue weighted by atomic mass is 9.85. The second kappa shape index (κ2) is 3.57. The maximum absolute atomic E-state index is 11.2. The third-order valence-corrected chi connectivity index (χ3v) is 3.35. The molecule has 2 rings (SSSR count). The fraction of sp³-hybridized carbons (Fsp3) is 0.750. The van der Waals surface area contributed by atoms with Gasteiger partial charge < -0.3 is 4.57 Å². The first-order valence-corrected chi connectivity index (χ1v) is 6.04. The predicted octanol–water partition coefficient (Wildman–Crippen LogP) is 0.816. The van der Waals surface area contributed by atoms with E-state index in [0.29, 0.717) is 5.16 Å². The first-order valence-electron chi connectivity index (χ1n) is 4.48. The molecule has 72 valence electrons. The quantitative estimate of drug-likeness (QED) is 0.724. The third kappa shape index (κ3) is 1.80. The van der Waals surface area contributed by atoms with Gasteiger partial charge in [0.1, 0.15) is 6.33 Å². The lowest BCUT2D eigenvalue weighted by Gasteiger charge is -2.25. The van der Waals surface area contributed by atoms with Gasteiger partial charge in [-0.15, -0.1) is 10.2 Å². The Morgan fingerprint density at radius 3 is 3.00 bits per heavy atom. The number of nitrogens with zero attached hydrogens (tertiary/aromatic N) is 3. The molecule has 0 N–H and O–H groups in total. The average Bonchev–Trinajstić information content (AvgIpc) is 2.44. The molecule has 0 bridgehead atoms. The Bertz CT molecular complexity index is 319. The molecule has 0 spiro atoms. The Morgan fingerprint density at radius 1 is 1.69 bits per heavy atom. The van der Waals surface area contributed by atoms with Crippen molar-refractivity contribution in [3.63, 3.8) is 0 Å². The summed E-state index contributed by atoms with van der Waals surface area (Å²) in [5.41, 5.74) is 0. The van der Waals surface area contributed by atoms with Gasteiger partial charge in [0.2, 0.25) is 5.16 Å². The van der Waals surface area contributed by atoms with Crippen molar-refractivity contribution in [2.24, 2.45) is 5.92 Å². The number of hydrogen-bond acceptors (Lipinski definition) is 3. The van der Waals surface area contributed by atoms with Crippen LogP contribution in [0.5, 0.6) is 0 Å². The molecule has 1 aromatic heterocycles. The standard InChI is InChI=1S/C8H13N3OS/c1-13(12)8-10-9-6-11(8)5-7-3-2-4-7/h6-7H,2-5H2,1H3. The van der Waals surface area contributed by atoms with Gasteiger partial charge in [0, 0.05) is 12.8 Å². The molecule has 1 heterocycles. The Morgan fingerprint density at radius 2 is 2.46 bits per heavy atom. The molecule has 0 aromatic carbocycles. The molecule has 0 amide bonds. The van der Waals surface area contributed by atoms with Crippen molar-refractivity contribution < 1.29 is 4.21 Å². The van der Waals surface area contributed by atoms with Crippen LogP contribution in [0.2, 0.25) is 0 Å². The van der Waals surface area contributed by atoms with E-state index in [-0.39, 0.29) is 0 Å². The molecule has 5 heteroatoms. The zero-order chi connectivity index (χ0) is 9.26. The van der Waals surface area contributed by atoms with Gasteiger partial charge in [-0.1, -0.05) is 6.42 Å². The first kappa shape index (κ1) is 8.87. The minimum absolute atomic E-state index is 0.604. The smallest absolute Gasteiger partial charge is 0.221 e. The van der Waals surface area contributed by atoms with Crippen LogP contribution in [-0.4, -0.2) is 25.2 Å². The van der Waals surface area contributed by atoms with Crippen molar-refractivity contribution >= 4 is 10.8 Å². The second-order valence-electron chi connectivity index (χ2n) is 3.52. The van der Waals surface area contributed by atoms with Crippen molar-refractivity contribution in [1.82, 2.24) is 14.8 Å². The topological polar surface area (TPSA) is 47.8 Å². The normalized spacial score (nSPS) is 19.8. The van der Waals surface area contributed by atoms with Gasteiger partial charge in [-0.2, -0.15) is 0 Å². The molecule has 0 saturated heterocycles. The molecule has 1 unspecified atom stereocenters. The van der Waals surface area contributed by atoms with Crippen LogP contribution in [0, 0.1) is 5.92 Å². The molecular weight excluding hydrogens is 186 g/mol. The Balaban J connectivity index is 2.09. The van der Waals surface area contributed by atoms with E-state index in [4.69, 9.17) is 0 Å². The largest absolute Gasteiger partial charge is 0.306 e. The van der Waals surface area contributed by atoms with Gasteiger partial charge in [0.25, 0.3) is 0 Å². The zero-order valence-corrected chi connectivity index (χ0v) is 8.46. The summed E-state index contributed by atoms with van der Waals surface area (Å²) in [6, 6.07) is 0. The van der Waals surface area contributed by atoms with Crippen molar-refractivity contribution in [1.29, 1.82) is 0 Å². The van der Waals surface area contributed by atoms with Gasteiger partial charge in [0.15, 0.2) is 0 Å². The van der Waals surface area contributed by atoms with Gasteiger partial charge in [-0.25, -0.2) is 0 Å². The van der Waals surface area contributed by atoms with E-state index in [1.807, 2.05) is 4.57 Å². The van der Waals surface area contributed by atoms with E-state index in [9.17, 15) is 4.21 Å². The number of hydrogen-bond donors (Lipinski definition) is 0. The van der Waals surface area contributed by atoms with Crippen LogP contribution in [0.15, 0.2) is 11.5 Å². The molecule has 0 aliphatic heterocycles. The fourth-order valence-corrected chi connectivity index (χ4v) is 2.16. The summed E-state index contributed by atoms with van der Waals surface area (Å²) < 4.78 is 13.1. The zero-order valence-electron chi connectivity index (χ0n) is 7.64. The van der Waals surface area contributed by atoms with Gasteiger partial charge in [-0.05, 0) is 18.8 Å². The fourth-order valence-electron chi connectivity index (χ4n) is 1.55. The van der Waals surface area contributed by atoms with Crippen LogP contribution < -0.4 is 0 Å². The number of aromatic nitrogens is 3. The number of rotatable bonds is 3.